The largest absolute Gasteiger partial charge is 0.337 e. The number of hydrogen-bond donors (Lipinski definition) is 0. The van der Waals surface area contributed by atoms with Gasteiger partial charge in [0.05, 0.1) is 11.7 Å². The van der Waals surface area contributed by atoms with E-state index in [-0.39, 0.29) is 18.0 Å². The van der Waals surface area contributed by atoms with Crippen molar-refractivity contribution in [2.24, 2.45) is 0 Å². The number of amides is 1. The van der Waals surface area contributed by atoms with Crippen LogP contribution in [0.2, 0.25) is 0 Å². The van der Waals surface area contributed by atoms with Crippen LogP contribution in [0, 0.1) is 6.92 Å². The molecule has 2 heterocycles. The molecule has 0 saturated heterocycles. The van der Waals surface area contributed by atoms with Gasteiger partial charge in [-0.3, -0.25) is 14.2 Å². The van der Waals surface area contributed by atoms with Crippen LogP contribution in [0.1, 0.15) is 19.4 Å². The van der Waals surface area contributed by atoms with E-state index in [0.29, 0.717) is 23.3 Å². The Morgan fingerprint density at radius 3 is 2.63 bits per heavy atom. The van der Waals surface area contributed by atoms with E-state index in [1.165, 1.54) is 22.2 Å². The Kier molecular flexibility index (Phi) is 5.56. The summed E-state index contributed by atoms with van der Waals surface area (Å²) in [4.78, 5) is 32.4. The maximum atomic E-state index is 13.1. The number of carbonyl (C=O) groups is 1. The molecule has 1 amide bonds. The summed E-state index contributed by atoms with van der Waals surface area (Å²) < 4.78 is 1.40. The normalized spacial score (nSPS) is 10.9. The van der Waals surface area contributed by atoms with Gasteiger partial charge in [0.1, 0.15) is 11.4 Å². The predicted molar refractivity (Wildman–Crippen MR) is 111 cm³/mol. The number of hydrogen-bond acceptors (Lipinski definition) is 4. The van der Waals surface area contributed by atoms with Crippen LogP contribution in [-0.2, 0) is 11.3 Å². The number of carbonyl (C=O) groups excluding carboxylic acids is 1. The third kappa shape index (κ3) is 4.01. The number of aromatic nitrogens is 2. The highest BCUT2D eigenvalue weighted by Crippen LogP contribution is 2.30. The highest BCUT2D eigenvalue weighted by molar-refractivity contribution is 7.17. The molecule has 140 valence electrons. The predicted octanol–water partition coefficient (Wildman–Crippen LogP) is 3.86. The molecule has 0 atom stereocenters. The fraction of sp³-hybridized carbons (Fsp3) is 0.286. The number of nitrogens with zero attached hydrogens (tertiary/aromatic N) is 3. The van der Waals surface area contributed by atoms with Gasteiger partial charge in [0.2, 0.25) is 5.91 Å². The summed E-state index contributed by atoms with van der Waals surface area (Å²) in [5, 5.41) is 2.53. The van der Waals surface area contributed by atoms with Crippen molar-refractivity contribution in [2.75, 3.05) is 13.1 Å². The quantitative estimate of drug-likeness (QED) is 0.609. The number of likely N-dealkylation sites (N-methyl/N-ethyl adjacent to an activating group) is 1. The van der Waals surface area contributed by atoms with Crippen LogP contribution in [-0.4, -0.2) is 33.4 Å². The molecule has 5 nitrogen and oxygen atoms in total. The Morgan fingerprint density at radius 1 is 1.30 bits per heavy atom. The van der Waals surface area contributed by atoms with Gasteiger partial charge in [0, 0.05) is 24.0 Å². The lowest BCUT2D eigenvalue weighted by Crippen LogP contribution is -2.37. The molecular weight excluding hydrogens is 358 g/mol. The zero-order valence-electron chi connectivity index (χ0n) is 15.9. The molecule has 3 aromatic rings. The van der Waals surface area contributed by atoms with Gasteiger partial charge in [0.15, 0.2) is 0 Å². The summed E-state index contributed by atoms with van der Waals surface area (Å²) in [7, 11) is 0. The molecule has 6 heteroatoms. The van der Waals surface area contributed by atoms with Crippen LogP contribution in [0.3, 0.4) is 0 Å². The number of benzene rings is 1. The molecule has 2 aromatic heterocycles. The third-order valence-electron chi connectivity index (χ3n) is 4.42. The molecule has 3 rings (SSSR count). The first kappa shape index (κ1) is 19.0. The number of aryl methyl sites for hydroxylation is 1. The third-order valence-corrected chi connectivity index (χ3v) is 5.31. The molecule has 0 N–H and O–H groups in total. The van der Waals surface area contributed by atoms with Gasteiger partial charge in [-0.05, 0) is 26.3 Å². The summed E-state index contributed by atoms with van der Waals surface area (Å²) in [5.41, 5.74) is 3.73. The number of thiophene rings is 1. The molecular formula is C21H23N3O2S. The molecule has 0 saturated carbocycles. The van der Waals surface area contributed by atoms with E-state index in [0.717, 1.165) is 22.3 Å². The maximum Gasteiger partial charge on any atom is 0.263 e. The van der Waals surface area contributed by atoms with Gasteiger partial charge in [-0.1, -0.05) is 42.0 Å². The Bertz CT molecular complexity index is 1050. The van der Waals surface area contributed by atoms with Crippen LogP contribution in [0.25, 0.3) is 21.3 Å². The summed E-state index contributed by atoms with van der Waals surface area (Å²) in [6.07, 6.45) is 1.46. The first-order valence-corrected chi connectivity index (χ1v) is 9.74. The summed E-state index contributed by atoms with van der Waals surface area (Å²) in [5.74, 6) is -0.115. The fourth-order valence-corrected chi connectivity index (χ4v) is 3.88. The zero-order valence-corrected chi connectivity index (χ0v) is 16.7. The van der Waals surface area contributed by atoms with E-state index < -0.39 is 0 Å². The van der Waals surface area contributed by atoms with Crippen molar-refractivity contribution in [3.63, 3.8) is 0 Å². The van der Waals surface area contributed by atoms with Gasteiger partial charge >= 0.3 is 0 Å². The standard InChI is InChI=1S/C21H23N3O2S/c1-5-23(10-14(2)3)18(25)11-24-13-22-20-19(21(24)26)17(12-27-20)16-8-6-15(4)7-9-16/h6-9,12-13H,2,5,10-11H2,1,3-4H3. The highest BCUT2D eigenvalue weighted by Gasteiger charge is 2.17. The smallest absolute Gasteiger partial charge is 0.263 e. The average Bonchev–Trinajstić information content (AvgIpc) is 3.07. The average molecular weight is 382 g/mol. The van der Waals surface area contributed by atoms with Gasteiger partial charge < -0.3 is 4.90 Å². The van der Waals surface area contributed by atoms with Crippen molar-refractivity contribution < 1.29 is 4.79 Å². The number of rotatable bonds is 6. The molecule has 0 radical (unpaired) electrons. The zero-order chi connectivity index (χ0) is 19.6. The number of fused-ring (bicyclic) bond motifs is 1. The molecule has 1 aromatic carbocycles. The monoisotopic (exact) mass is 381 g/mol. The van der Waals surface area contributed by atoms with Gasteiger partial charge in [-0.2, -0.15) is 0 Å². The van der Waals surface area contributed by atoms with E-state index in [2.05, 4.69) is 11.6 Å². The second-order valence-electron chi connectivity index (χ2n) is 6.74. The van der Waals surface area contributed by atoms with Crippen molar-refractivity contribution in [3.05, 3.63) is 64.0 Å². The van der Waals surface area contributed by atoms with Crippen molar-refractivity contribution in [3.8, 4) is 11.1 Å². The van der Waals surface area contributed by atoms with Crippen LogP contribution in [0.4, 0.5) is 0 Å². The van der Waals surface area contributed by atoms with Crippen LogP contribution in [0.5, 0.6) is 0 Å². The highest BCUT2D eigenvalue weighted by atomic mass is 32.1. The molecule has 0 bridgehead atoms. The van der Waals surface area contributed by atoms with Gasteiger partial charge in [-0.15, -0.1) is 11.3 Å². The summed E-state index contributed by atoms with van der Waals surface area (Å²) >= 11 is 1.44. The molecule has 27 heavy (non-hydrogen) atoms. The Labute approximate surface area is 162 Å². The maximum absolute atomic E-state index is 13.1. The SMILES string of the molecule is C=C(C)CN(CC)C(=O)Cn1cnc2scc(-c3ccc(C)cc3)c2c1=O. The van der Waals surface area contributed by atoms with Crippen molar-refractivity contribution in [1.29, 1.82) is 0 Å². The lowest BCUT2D eigenvalue weighted by molar-refractivity contribution is -0.131. The Morgan fingerprint density at radius 2 is 2.00 bits per heavy atom. The molecule has 0 unspecified atom stereocenters. The van der Waals surface area contributed by atoms with Crippen molar-refractivity contribution >= 4 is 27.5 Å². The van der Waals surface area contributed by atoms with E-state index >= 15 is 0 Å². The van der Waals surface area contributed by atoms with Crippen molar-refractivity contribution in [2.45, 2.75) is 27.3 Å². The fourth-order valence-electron chi connectivity index (χ4n) is 2.97. The molecule has 0 aliphatic heterocycles. The van der Waals surface area contributed by atoms with Gasteiger partial charge in [-0.25, -0.2) is 4.98 Å². The second kappa shape index (κ2) is 7.88. The summed E-state index contributed by atoms with van der Waals surface area (Å²) in [6, 6.07) is 8.05. The van der Waals surface area contributed by atoms with Crippen LogP contribution < -0.4 is 5.56 Å². The molecule has 0 aliphatic carbocycles. The summed E-state index contributed by atoms with van der Waals surface area (Å²) in [6.45, 7) is 10.7. The van der Waals surface area contributed by atoms with Crippen LogP contribution in [0.15, 0.2) is 52.9 Å². The first-order chi connectivity index (χ1) is 12.9. The minimum atomic E-state index is -0.184. The molecule has 0 spiro atoms. The van der Waals surface area contributed by atoms with Gasteiger partial charge in [0.25, 0.3) is 5.56 Å². The Balaban J connectivity index is 1.98. The molecule has 0 fully saturated rings. The van der Waals surface area contributed by atoms with E-state index in [4.69, 9.17) is 0 Å². The lowest BCUT2D eigenvalue weighted by Gasteiger charge is -2.21. The first-order valence-electron chi connectivity index (χ1n) is 8.86. The van der Waals surface area contributed by atoms with E-state index in [9.17, 15) is 9.59 Å². The molecule has 0 aliphatic rings. The minimum Gasteiger partial charge on any atom is -0.337 e. The van der Waals surface area contributed by atoms with Crippen LogP contribution >= 0.6 is 11.3 Å². The topological polar surface area (TPSA) is 55.2 Å². The second-order valence-corrected chi connectivity index (χ2v) is 7.60. The minimum absolute atomic E-state index is 0.0217. The lowest BCUT2D eigenvalue weighted by atomic mass is 10.1. The Hall–Kier alpha value is -2.73. The van der Waals surface area contributed by atoms with Crippen molar-refractivity contribution in [1.82, 2.24) is 14.5 Å². The van der Waals surface area contributed by atoms with E-state index in [1.54, 1.807) is 4.90 Å². The van der Waals surface area contributed by atoms with E-state index in [1.807, 2.05) is 50.4 Å².